The van der Waals surface area contributed by atoms with Gasteiger partial charge in [-0.15, -0.1) is 0 Å². The highest BCUT2D eigenvalue weighted by Gasteiger charge is 2.20. The molecule has 1 aromatic carbocycles. The second-order valence-electron chi connectivity index (χ2n) is 6.82. The van der Waals surface area contributed by atoms with Crippen LogP contribution in [0.15, 0.2) is 53.6 Å². The van der Waals surface area contributed by atoms with E-state index in [0.717, 1.165) is 0 Å². The average molecular weight is 473 g/mol. The lowest BCUT2D eigenvalue weighted by Gasteiger charge is -2.14. The molecule has 0 aliphatic rings. The first kappa shape index (κ1) is 24.2. The summed E-state index contributed by atoms with van der Waals surface area (Å²) in [5.74, 6) is 3.18. The van der Waals surface area contributed by atoms with Crippen LogP contribution in [-0.2, 0) is 10.0 Å². The number of hydrogen-bond donors (Lipinski definition) is 3. The molecule has 3 aromatic rings. The van der Waals surface area contributed by atoms with Crippen LogP contribution >= 0.6 is 0 Å². The molecule has 0 fully saturated rings. The molecule has 0 saturated heterocycles. The maximum Gasteiger partial charge on any atom is 0.244 e. The second-order valence-corrected chi connectivity index (χ2v) is 8.56. The molecule has 0 atom stereocenters. The van der Waals surface area contributed by atoms with Crippen LogP contribution in [0.4, 0.5) is 17.5 Å². The van der Waals surface area contributed by atoms with Gasteiger partial charge in [0.25, 0.3) is 0 Å². The summed E-state index contributed by atoms with van der Waals surface area (Å²) in [4.78, 5) is 13.0. The summed E-state index contributed by atoms with van der Waals surface area (Å²) < 4.78 is 39.2. The predicted molar refractivity (Wildman–Crippen MR) is 127 cm³/mol. The lowest BCUT2D eigenvalue weighted by atomic mass is 10.3. The van der Waals surface area contributed by atoms with Gasteiger partial charge < -0.3 is 20.1 Å². The Bertz CT molecular complexity index is 1160. The molecule has 0 amide bonds. The zero-order chi connectivity index (χ0) is 23.7. The topological polar surface area (TPSA) is 127 Å². The van der Waals surface area contributed by atoms with Crippen LogP contribution in [0.25, 0.3) is 0 Å². The number of nitrogens with zero attached hydrogens (tertiary/aromatic N) is 3. The van der Waals surface area contributed by atoms with E-state index in [1.807, 2.05) is 25.1 Å². The SMILES string of the molecule is CCOc1ccc(S(=O)(=O)NCCNc2cc(Nc3ccccn3)nc(C)n2)c(OCC)c1. The van der Waals surface area contributed by atoms with Gasteiger partial charge in [-0.1, -0.05) is 6.07 Å². The minimum absolute atomic E-state index is 0.0625. The molecule has 2 heterocycles. The number of pyridine rings is 1. The third kappa shape index (κ3) is 7.02. The highest BCUT2D eigenvalue weighted by molar-refractivity contribution is 7.89. The van der Waals surface area contributed by atoms with Gasteiger partial charge in [-0.2, -0.15) is 0 Å². The number of benzene rings is 1. The molecule has 3 N–H and O–H groups in total. The quantitative estimate of drug-likeness (QED) is 0.341. The monoisotopic (exact) mass is 472 g/mol. The molecule has 0 bridgehead atoms. The third-order valence-corrected chi connectivity index (χ3v) is 5.80. The number of rotatable bonds is 12. The Hall–Kier alpha value is -3.44. The molecule has 0 spiro atoms. The Kier molecular flexibility index (Phi) is 8.39. The molecule has 0 aliphatic heterocycles. The fourth-order valence-electron chi connectivity index (χ4n) is 2.98. The van der Waals surface area contributed by atoms with E-state index < -0.39 is 10.0 Å². The van der Waals surface area contributed by atoms with E-state index in [9.17, 15) is 8.42 Å². The number of sulfonamides is 1. The molecule has 0 aliphatic carbocycles. The number of nitrogens with one attached hydrogen (secondary N) is 3. The zero-order valence-electron chi connectivity index (χ0n) is 18.8. The van der Waals surface area contributed by atoms with Crippen LogP contribution < -0.4 is 24.8 Å². The smallest absolute Gasteiger partial charge is 0.244 e. The Balaban J connectivity index is 1.61. The highest BCUT2D eigenvalue weighted by Crippen LogP contribution is 2.28. The second kappa shape index (κ2) is 11.4. The Morgan fingerprint density at radius 1 is 0.909 bits per heavy atom. The van der Waals surface area contributed by atoms with E-state index in [1.165, 1.54) is 6.07 Å². The van der Waals surface area contributed by atoms with Gasteiger partial charge in [-0.3, -0.25) is 0 Å². The first-order valence-corrected chi connectivity index (χ1v) is 12.1. The van der Waals surface area contributed by atoms with Gasteiger partial charge in [0.05, 0.1) is 13.2 Å². The van der Waals surface area contributed by atoms with Crippen LogP contribution in [0.2, 0.25) is 0 Å². The zero-order valence-corrected chi connectivity index (χ0v) is 19.6. The normalized spacial score (nSPS) is 11.1. The van der Waals surface area contributed by atoms with Gasteiger partial charge in [0.15, 0.2) is 0 Å². The Morgan fingerprint density at radius 2 is 1.70 bits per heavy atom. The lowest BCUT2D eigenvalue weighted by molar-refractivity contribution is 0.317. The molecule has 0 saturated carbocycles. The molecule has 11 heteroatoms. The van der Waals surface area contributed by atoms with Gasteiger partial charge in [-0.25, -0.2) is 28.1 Å². The van der Waals surface area contributed by atoms with Crippen molar-refractivity contribution in [2.75, 3.05) is 36.9 Å². The van der Waals surface area contributed by atoms with Crippen LogP contribution in [0, 0.1) is 6.92 Å². The molecule has 0 unspecified atom stereocenters. The van der Waals surface area contributed by atoms with Crippen LogP contribution in [0.3, 0.4) is 0 Å². The number of anilines is 3. The largest absolute Gasteiger partial charge is 0.494 e. The first-order valence-electron chi connectivity index (χ1n) is 10.6. The Labute approximate surface area is 193 Å². The number of ether oxygens (including phenoxy) is 2. The van der Waals surface area contributed by atoms with Crippen molar-refractivity contribution in [1.82, 2.24) is 19.7 Å². The molecule has 0 radical (unpaired) electrons. The Morgan fingerprint density at radius 3 is 2.42 bits per heavy atom. The molecule has 10 nitrogen and oxygen atoms in total. The summed E-state index contributed by atoms with van der Waals surface area (Å²) in [5, 5.41) is 6.23. The summed E-state index contributed by atoms with van der Waals surface area (Å²) in [6.07, 6.45) is 1.68. The summed E-state index contributed by atoms with van der Waals surface area (Å²) in [7, 11) is -3.78. The number of hydrogen-bond acceptors (Lipinski definition) is 9. The van der Waals surface area contributed by atoms with Crippen molar-refractivity contribution in [3.63, 3.8) is 0 Å². The molecular formula is C22H28N6O4S. The molecule has 3 rings (SSSR count). The van der Waals surface area contributed by atoms with E-state index in [1.54, 1.807) is 38.2 Å². The average Bonchev–Trinajstić information content (AvgIpc) is 2.78. The lowest BCUT2D eigenvalue weighted by Crippen LogP contribution is -2.29. The van der Waals surface area contributed by atoms with Crippen LogP contribution in [-0.4, -0.2) is 49.7 Å². The minimum Gasteiger partial charge on any atom is -0.494 e. The number of aryl methyl sites for hydroxylation is 1. The summed E-state index contributed by atoms with van der Waals surface area (Å²) in [6, 6.07) is 11.9. The number of aromatic nitrogens is 3. The standard InChI is InChI=1S/C22H28N6O4S/c1-4-31-17-9-10-19(18(14-17)32-5-2)33(29,30)25-13-12-24-21-15-22(27-16(3)26-21)28-20-8-6-7-11-23-20/h6-11,14-15,25H,4-5,12-13H2,1-3H3,(H2,23,24,26,27,28). The van der Waals surface area contributed by atoms with E-state index >= 15 is 0 Å². The van der Waals surface area contributed by atoms with Crippen molar-refractivity contribution in [3.8, 4) is 11.5 Å². The molecule has 2 aromatic heterocycles. The van der Waals surface area contributed by atoms with E-state index in [4.69, 9.17) is 9.47 Å². The van der Waals surface area contributed by atoms with Crippen molar-refractivity contribution in [3.05, 3.63) is 54.5 Å². The molecular weight excluding hydrogens is 444 g/mol. The molecule has 33 heavy (non-hydrogen) atoms. The van der Waals surface area contributed by atoms with Crippen molar-refractivity contribution in [2.45, 2.75) is 25.7 Å². The predicted octanol–water partition coefficient (Wildman–Crippen LogP) is 3.11. The molecule has 176 valence electrons. The summed E-state index contributed by atoms with van der Waals surface area (Å²) in [6.45, 7) is 6.70. The van der Waals surface area contributed by atoms with E-state index in [0.29, 0.717) is 48.8 Å². The maximum atomic E-state index is 12.8. The van der Waals surface area contributed by atoms with E-state index in [2.05, 4.69) is 30.3 Å². The fourth-order valence-corrected chi connectivity index (χ4v) is 4.14. The van der Waals surface area contributed by atoms with Gasteiger partial charge in [0.1, 0.15) is 39.7 Å². The van der Waals surface area contributed by atoms with Crippen LogP contribution in [0.1, 0.15) is 19.7 Å². The van der Waals surface area contributed by atoms with Crippen molar-refractivity contribution >= 4 is 27.5 Å². The van der Waals surface area contributed by atoms with Gasteiger partial charge >= 0.3 is 0 Å². The fraction of sp³-hybridized carbons (Fsp3) is 0.318. The van der Waals surface area contributed by atoms with E-state index in [-0.39, 0.29) is 17.2 Å². The first-order chi connectivity index (χ1) is 15.9. The van der Waals surface area contributed by atoms with Crippen molar-refractivity contribution < 1.29 is 17.9 Å². The van der Waals surface area contributed by atoms with Crippen molar-refractivity contribution in [1.29, 1.82) is 0 Å². The van der Waals surface area contributed by atoms with Gasteiger partial charge in [0, 0.05) is 31.4 Å². The highest BCUT2D eigenvalue weighted by atomic mass is 32.2. The minimum atomic E-state index is -3.78. The third-order valence-electron chi connectivity index (χ3n) is 4.30. The van der Waals surface area contributed by atoms with Gasteiger partial charge in [-0.05, 0) is 45.0 Å². The summed E-state index contributed by atoms with van der Waals surface area (Å²) in [5.41, 5.74) is 0. The van der Waals surface area contributed by atoms with Crippen molar-refractivity contribution in [2.24, 2.45) is 0 Å². The van der Waals surface area contributed by atoms with Crippen LogP contribution in [0.5, 0.6) is 11.5 Å². The summed E-state index contributed by atoms with van der Waals surface area (Å²) >= 11 is 0. The maximum absolute atomic E-state index is 12.8. The van der Waals surface area contributed by atoms with Gasteiger partial charge in [0.2, 0.25) is 10.0 Å².